The van der Waals surface area contributed by atoms with Crippen molar-refractivity contribution in [3.8, 4) is 0 Å². The van der Waals surface area contributed by atoms with E-state index in [0.717, 1.165) is 0 Å². The average molecular weight is 190 g/mol. The molecule has 14 heavy (non-hydrogen) atoms. The fraction of sp³-hybridized carbons (Fsp3) is 0.250. The molecular weight excluding hydrogens is 176 g/mol. The van der Waals surface area contributed by atoms with Crippen molar-refractivity contribution < 1.29 is 9.90 Å². The largest absolute Gasteiger partial charge is 0.384 e. The molecule has 0 heterocycles. The van der Waals surface area contributed by atoms with Crippen molar-refractivity contribution in [1.29, 1.82) is 0 Å². The van der Waals surface area contributed by atoms with E-state index >= 15 is 0 Å². The summed E-state index contributed by atoms with van der Waals surface area (Å²) in [5, 5.41) is 9.62. The summed E-state index contributed by atoms with van der Waals surface area (Å²) < 4.78 is 0. The van der Waals surface area contributed by atoms with Gasteiger partial charge in [0.05, 0.1) is 0 Å². The van der Waals surface area contributed by atoms with Gasteiger partial charge in [0.1, 0.15) is 6.10 Å². The third-order valence-corrected chi connectivity index (χ3v) is 2.20. The number of hydrogen-bond donors (Lipinski definition) is 1. The summed E-state index contributed by atoms with van der Waals surface area (Å²) in [5.41, 5.74) is 0.536. The van der Waals surface area contributed by atoms with E-state index in [0.29, 0.717) is 5.56 Å². The molecule has 2 heteroatoms. The summed E-state index contributed by atoms with van der Waals surface area (Å²) in [6.07, 6.45) is 0.584. The van der Waals surface area contributed by atoms with E-state index in [2.05, 4.69) is 6.58 Å². The molecule has 1 aromatic rings. The molecule has 1 aromatic carbocycles. The number of hydrogen-bond acceptors (Lipinski definition) is 2. The quantitative estimate of drug-likeness (QED) is 0.582. The number of ketones is 1. The van der Waals surface area contributed by atoms with Crippen molar-refractivity contribution in [2.24, 2.45) is 5.92 Å². The van der Waals surface area contributed by atoms with Crippen LogP contribution in [0.3, 0.4) is 0 Å². The van der Waals surface area contributed by atoms with Crippen LogP contribution >= 0.6 is 0 Å². The molecule has 2 atom stereocenters. The molecule has 2 nitrogen and oxygen atoms in total. The van der Waals surface area contributed by atoms with Crippen LogP contribution in [0.5, 0.6) is 0 Å². The zero-order valence-electron chi connectivity index (χ0n) is 8.18. The maximum atomic E-state index is 11.6. The van der Waals surface area contributed by atoms with Crippen LogP contribution in [0, 0.1) is 5.92 Å². The van der Waals surface area contributed by atoms with E-state index < -0.39 is 6.10 Å². The molecule has 0 saturated carbocycles. The monoisotopic (exact) mass is 190 g/mol. The first-order valence-corrected chi connectivity index (χ1v) is 4.56. The third kappa shape index (κ3) is 2.30. The number of carbonyl (C=O) groups is 1. The van der Waals surface area contributed by atoms with Gasteiger partial charge in [-0.3, -0.25) is 4.79 Å². The van der Waals surface area contributed by atoms with Crippen molar-refractivity contribution in [1.82, 2.24) is 0 Å². The Labute approximate surface area is 83.9 Å². The standard InChI is InChI=1S/C12H14O2/c1-3-9(2)11(13)12(14)10-7-5-4-6-8-10/h3-9,11,13H,1H2,2H3. The van der Waals surface area contributed by atoms with Gasteiger partial charge in [-0.2, -0.15) is 0 Å². The van der Waals surface area contributed by atoms with E-state index in [-0.39, 0.29) is 11.7 Å². The van der Waals surface area contributed by atoms with Gasteiger partial charge in [-0.25, -0.2) is 0 Å². The first-order valence-electron chi connectivity index (χ1n) is 4.56. The molecule has 0 amide bonds. The normalized spacial score (nSPS) is 14.4. The molecule has 74 valence electrons. The zero-order valence-corrected chi connectivity index (χ0v) is 8.18. The molecule has 0 aliphatic rings. The highest BCUT2D eigenvalue weighted by atomic mass is 16.3. The number of rotatable bonds is 4. The lowest BCUT2D eigenvalue weighted by molar-refractivity contribution is 0.0676. The van der Waals surface area contributed by atoms with Crippen molar-refractivity contribution in [2.75, 3.05) is 0 Å². The van der Waals surface area contributed by atoms with Crippen molar-refractivity contribution in [3.05, 3.63) is 48.6 Å². The maximum absolute atomic E-state index is 11.6. The fourth-order valence-corrected chi connectivity index (χ4v) is 1.14. The molecule has 0 aliphatic heterocycles. The minimum absolute atomic E-state index is 0.220. The average Bonchev–Trinajstić information content (AvgIpc) is 2.27. The Bertz CT molecular complexity index is 316. The summed E-state index contributed by atoms with van der Waals surface area (Å²) >= 11 is 0. The van der Waals surface area contributed by atoms with Crippen molar-refractivity contribution >= 4 is 5.78 Å². The molecule has 1 rings (SSSR count). The predicted octanol–water partition coefficient (Wildman–Crippen LogP) is 2.05. The van der Waals surface area contributed by atoms with Crippen LogP contribution in [0.1, 0.15) is 17.3 Å². The summed E-state index contributed by atoms with van der Waals surface area (Å²) in [5.74, 6) is -0.472. The lowest BCUT2D eigenvalue weighted by Gasteiger charge is -2.13. The minimum Gasteiger partial charge on any atom is -0.384 e. The topological polar surface area (TPSA) is 37.3 Å². The van der Waals surface area contributed by atoms with Crippen LogP contribution in [-0.2, 0) is 0 Å². The van der Waals surface area contributed by atoms with E-state index in [1.54, 1.807) is 37.3 Å². The highest BCUT2D eigenvalue weighted by Gasteiger charge is 2.20. The maximum Gasteiger partial charge on any atom is 0.191 e. The van der Waals surface area contributed by atoms with Crippen LogP contribution in [0.25, 0.3) is 0 Å². The van der Waals surface area contributed by atoms with Gasteiger partial charge in [-0.1, -0.05) is 43.3 Å². The van der Waals surface area contributed by atoms with E-state index in [1.807, 2.05) is 6.07 Å². The van der Waals surface area contributed by atoms with Gasteiger partial charge < -0.3 is 5.11 Å². The second-order valence-corrected chi connectivity index (χ2v) is 3.27. The molecule has 0 saturated heterocycles. The van der Waals surface area contributed by atoms with Crippen LogP contribution in [0.15, 0.2) is 43.0 Å². The highest BCUT2D eigenvalue weighted by Crippen LogP contribution is 2.11. The van der Waals surface area contributed by atoms with Crippen LogP contribution in [0.2, 0.25) is 0 Å². The van der Waals surface area contributed by atoms with E-state index in [1.165, 1.54) is 0 Å². The SMILES string of the molecule is C=CC(C)C(O)C(=O)c1ccccc1. The van der Waals surface area contributed by atoms with Crippen LogP contribution in [-0.4, -0.2) is 17.0 Å². The predicted molar refractivity (Wildman–Crippen MR) is 56.1 cm³/mol. The molecule has 0 spiro atoms. The molecular formula is C12H14O2. The Kier molecular flexibility index (Phi) is 3.60. The second kappa shape index (κ2) is 4.72. The molecule has 0 aromatic heterocycles. The van der Waals surface area contributed by atoms with E-state index in [9.17, 15) is 9.90 Å². The highest BCUT2D eigenvalue weighted by molar-refractivity contribution is 5.99. The Morgan fingerprint density at radius 2 is 2.00 bits per heavy atom. The van der Waals surface area contributed by atoms with E-state index in [4.69, 9.17) is 0 Å². The Morgan fingerprint density at radius 1 is 1.43 bits per heavy atom. The first-order chi connectivity index (χ1) is 6.66. The number of aliphatic hydroxyl groups excluding tert-OH is 1. The zero-order chi connectivity index (χ0) is 10.6. The molecule has 0 bridgehead atoms. The summed E-state index contributed by atoms with van der Waals surface area (Å²) in [7, 11) is 0. The van der Waals surface area contributed by atoms with Crippen LogP contribution in [0.4, 0.5) is 0 Å². The molecule has 0 aliphatic carbocycles. The number of benzene rings is 1. The number of carbonyl (C=O) groups excluding carboxylic acids is 1. The van der Waals surface area contributed by atoms with Gasteiger partial charge in [0.25, 0.3) is 0 Å². The lowest BCUT2D eigenvalue weighted by atomic mass is 9.97. The molecule has 0 radical (unpaired) electrons. The molecule has 2 unspecified atom stereocenters. The Balaban J connectivity index is 2.81. The lowest BCUT2D eigenvalue weighted by Crippen LogP contribution is -2.26. The minimum atomic E-state index is -0.991. The second-order valence-electron chi connectivity index (χ2n) is 3.27. The number of aliphatic hydroxyl groups is 1. The van der Waals surface area contributed by atoms with Gasteiger partial charge in [-0.15, -0.1) is 6.58 Å². The van der Waals surface area contributed by atoms with Crippen molar-refractivity contribution in [2.45, 2.75) is 13.0 Å². The summed E-state index contributed by atoms with van der Waals surface area (Å²) in [6, 6.07) is 8.78. The molecule has 0 fully saturated rings. The van der Waals surface area contributed by atoms with Gasteiger partial charge in [0.15, 0.2) is 5.78 Å². The Hall–Kier alpha value is -1.41. The first kappa shape index (κ1) is 10.7. The summed E-state index contributed by atoms with van der Waals surface area (Å²) in [4.78, 5) is 11.6. The number of Topliss-reactive ketones (excluding diaryl/α,β-unsaturated/α-hetero) is 1. The van der Waals surface area contributed by atoms with Gasteiger partial charge >= 0.3 is 0 Å². The van der Waals surface area contributed by atoms with Gasteiger partial charge in [0, 0.05) is 11.5 Å². The third-order valence-electron chi connectivity index (χ3n) is 2.20. The van der Waals surface area contributed by atoms with Crippen molar-refractivity contribution in [3.63, 3.8) is 0 Å². The molecule has 1 N–H and O–H groups in total. The fourth-order valence-electron chi connectivity index (χ4n) is 1.14. The van der Waals surface area contributed by atoms with Gasteiger partial charge in [0.2, 0.25) is 0 Å². The van der Waals surface area contributed by atoms with Gasteiger partial charge in [-0.05, 0) is 0 Å². The van der Waals surface area contributed by atoms with Crippen LogP contribution < -0.4 is 0 Å². The smallest absolute Gasteiger partial charge is 0.191 e. The summed E-state index contributed by atoms with van der Waals surface area (Å²) in [6.45, 7) is 5.31. The Morgan fingerprint density at radius 3 is 2.50 bits per heavy atom.